The van der Waals surface area contributed by atoms with Crippen LogP contribution >= 0.6 is 0 Å². The number of ether oxygens (including phenoxy) is 2. The van der Waals surface area contributed by atoms with Crippen molar-refractivity contribution in [2.45, 2.75) is 25.6 Å². The first-order valence-corrected chi connectivity index (χ1v) is 10.00. The highest BCUT2D eigenvalue weighted by molar-refractivity contribution is 5.79. The Morgan fingerprint density at radius 2 is 1.84 bits per heavy atom. The van der Waals surface area contributed by atoms with Crippen molar-refractivity contribution >= 4 is 18.0 Å². The molecule has 32 heavy (non-hydrogen) atoms. The second-order valence-electron chi connectivity index (χ2n) is 6.79. The lowest BCUT2D eigenvalue weighted by Crippen LogP contribution is -2.42. The molecule has 2 aromatic carbocycles. The number of rotatable bonds is 12. The Morgan fingerprint density at radius 1 is 1.06 bits per heavy atom. The molecule has 0 saturated carbocycles. The number of carboxylic acids is 1. The lowest BCUT2D eigenvalue weighted by atomic mass is 10.2. The Kier molecular flexibility index (Phi) is 8.46. The van der Waals surface area contributed by atoms with E-state index >= 15 is 0 Å². The van der Waals surface area contributed by atoms with E-state index < -0.39 is 18.1 Å². The molecule has 1 unspecified atom stereocenters. The first-order valence-electron chi connectivity index (χ1n) is 10.00. The van der Waals surface area contributed by atoms with Crippen molar-refractivity contribution in [2.75, 3.05) is 12.0 Å². The third kappa shape index (κ3) is 7.65. The van der Waals surface area contributed by atoms with Crippen molar-refractivity contribution in [3.05, 3.63) is 78.1 Å². The molecule has 0 saturated heterocycles. The number of carbonyl (C=O) groups excluding carboxylic acids is 1. The molecule has 0 aliphatic heterocycles. The molecular weight excluding hydrogens is 414 g/mol. The van der Waals surface area contributed by atoms with E-state index in [9.17, 15) is 14.7 Å². The standard InChI is InChI=1S/C22H25N5O5/c28-20(29)19(26-22(30)32-15-17-4-2-1-3-5-17)10-13-31-18-8-6-16(7-9-18)14-25-27-21-23-11-12-24-21/h1-9,11-12,19,25H,10,13-15H2,(H,26,30)(H,28,29)(H2,23,24,27). The number of benzene rings is 2. The number of carbonyl (C=O) groups is 2. The number of aliphatic carboxylic acids is 1. The Labute approximate surface area is 184 Å². The Morgan fingerprint density at radius 3 is 2.53 bits per heavy atom. The fourth-order valence-corrected chi connectivity index (χ4v) is 2.73. The lowest BCUT2D eigenvalue weighted by molar-refractivity contribution is -0.139. The van der Waals surface area contributed by atoms with Crippen LogP contribution in [0.1, 0.15) is 17.5 Å². The van der Waals surface area contributed by atoms with Gasteiger partial charge in [0.15, 0.2) is 0 Å². The molecular formula is C22H25N5O5. The largest absolute Gasteiger partial charge is 0.494 e. The normalized spacial score (nSPS) is 11.4. The van der Waals surface area contributed by atoms with E-state index in [0.29, 0.717) is 18.2 Å². The van der Waals surface area contributed by atoms with E-state index in [1.165, 1.54) is 0 Å². The van der Waals surface area contributed by atoms with E-state index in [1.807, 2.05) is 42.5 Å². The zero-order valence-electron chi connectivity index (χ0n) is 17.3. The third-order valence-electron chi connectivity index (χ3n) is 4.40. The molecule has 1 aromatic heterocycles. The quantitative estimate of drug-likeness (QED) is 0.272. The van der Waals surface area contributed by atoms with Crippen molar-refractivity contribution in [3.63, 3.8) is 0 Å². The monoisotopic (exact) mass is 439 g/mol. The first-order chi connectivity index (χ1) is 15.6. The van der Waals surface area contributed by atoms with Gasteiger partial charge in [0, 0.05) is 25.4 Å². The molecule has 0 aliphatic rings. The number of H-pyrrole nitrogens is 1. The van der Waals surface area contributed by atoms with Gasteiger partial charge in [-0.2, -0.15) is 0 Å². The van der Waals surface area contributed by atoms with Crippen LogP contribution in [0.25, 0.3) is 0 Å². The highest BCUT2D eigenvalue weighted by Gasteiger charge is 2.20. The summed E-state index contributed by atoms with van der Waals surface area (Å²) in [4.78, 5) is 30.3. The number of hydrogen-bond acceptors (Lipinski definition) is 7. The maximum absolute atomic E-state index is 11.9. The molecule has 10 nitrogen and oxygen atoms in total. The van der Waals surface area contributed by atoms with Crippen LogP contribution in [0.15, 0.2) is 67.0 Å². The number of hydrogen-bond donors (Lipinski definition) is 5. The highest BCUT2D eigenvalue weighted by Crippen LogP contribution is 2.13. The predicted octanol–water partition coefficient (Wildman–Crippen LogP) is 2.67. The van der Waals surface area contributed by atoms with Crippen LogP contribution in [-0.2, 0) is 22.7 Å². The van der Waals surface area contributed by atoms with Crippen LogP contribution in [0.3, 0.4) is 0 Å². The van der Waals surface area contributed by atoms with Gasteiger partial charge < -0.3 is 24.9 Å². The van der Waals surface area contributed by atoms with Gasteiger partial charge in [0.05, 0.1) is 6.61 Å². The number of hydrazine groups is 1. The molecule has 1 atom stereocenters. The molecule has 0 fully saturated rings. The molecule has 5 N–H and O–H groups in total. The molecule has 168 valence electrons. The van der Waals surface area contributed by atoms with Crippen LogP contribution in [0, 0.1) is 0 Å². The smallest absolute Gasteiger partial charge is 0.408 e. The number of nitrogens with one attached hydrogen (secondary N) is 4. The van der Waals surface area contributed by atoms with Gasteiger partial charge in [0.1, 0.15) is 18.4 Å². The summed E-state index contributed by atoms with van der Waals surface area (Å²) in [6.07, 6.45) is 2.66. The van der Waals surface area contributed by atoms with Gasteiger partial charge in [-0.3, -0.25) is 5.43 Å². The molecule has 0 spiro atoms. The molecule has 1 amide bonds. The van der Waals surface area contributed by atoms with E-state index in [2.05, 4.69) is 26.1 Å². The van der Waals surface area contributed by atoms with Gasteiger partial charge in [-0.25, -0.2) is 20.0 Å². The Hall–Kier alpha value is -4.05. The van der Waals surface area contributed by atoms with E-state index in [1.54, 1.807) is 24.5 Å². The average Bonchev–Trinajstić information content (AvgIpc) is 3.32. The number of imidazole rings is 1. The van der Waals surface area contributed by atoms with Crippen molar-refractivity contribution in [2.24, 2.45) is 0 Å². The topological polar surface area (TPSA) is 138 Å². The van der Waals surface area contributed by atoms with Crippen LogP contribution in [-0.4, -0.2) is 39.8 Å². The van der Waals surface area contributed by atoms with Crippen LogP contribution < -0.4 is 20.9 Å². The van der Waals surface area contributed by atoms with Crippen molar-refractivity contribution in [1.29, 1.82) is 0 Å². The molecule has 0 bridgehead atoms. The van der Waals surface area contributed by atoms with Crippen molar-refractivity contribution in [1.82, 2.24) is 20.7 Å². The first kappa shape index (κ1) is 22.6. The summed E-state index contributed by atoms with van der Waals surface area (Å²) in [6.45, 7) is 0.748. The fourth-order valence-electron chi connectivity index (χ4n) is 2.73. The van der Waals surface area contributed by atoms with Crippen molar-refractivity contribution in [3.8, 4) is 5.75 Å². The van der Waals surface area contributed by atoms with Gasteiger partial charge in [0.2, 0.25) is 5.95 Å². The number of amides is 1. The fraction of sp³-hybridized carbons (Fsp3) is 0.227. The maximum Gasteiger partial charge on any atom is 0.408 e. The summed E-state index contributed by atoms with van der Waals surface area (Å²) >= 11 is 0. The number of anilines is 1. The summed E-state index contributed by atoms with van der Waals surface area (Å²) in [5.41, 5.74) is 7.79. The molecule has 0 radical (unpaired) electrons. The Balaban J connectivity index is 1.37. The van der Waals surface area contributed by atoms with Gasteiger partial charge in [-0.1, -0.05) is 42.5 Å². The summed E-state index contributed by atoms with van der Waals surface area (Å²) in [6, 6.07) is 15.4. The summed E-state index contributed by atoms with van der Waals surface area (Å²) < 4.78 is 10.7. The van der Waals surface area contributed by atoms with Crippen LogP contribution in [0.5, 0.6) is 5.75 Å². The minimum Gasteiger partial charge on any atom is -0.494 e. The van der Waals surface area contributed by atoms with Gasteiger partial charge in [-0.05, 0) is 23.3 Å². The SMILES string of the molecule is O=C(NC(CCOc1ccc(CNNc2ncc[nH]2)cc1)C(=O)O)OCc1ccccc1. The number of carboxylic acid groups (broad SMARTS) is 1. The highest BCUT2D eigenvalue weighted by atomic mass is 16.5. The molecule has 10 heteroatoms. The van der Waals surface area contributed by atoms with Gasteiger partial charge >= 0.3 is 12.1 Å². The maximum atomic E-state index is 11.9. The van der Waals surface area contributed by atoms with Crippen LogP contribution in [0.2, 0.25) is 0 Å². The molecule has 3 rings (SSSR count). The van der Waals surface area contributed by atoms with E-state index in [4.69, 9.17) is 9.47 Å². The lowest BCUT2D eigenvalue weighted by Gasteiger charge is -2.15. The zero-order chi connectivity index (χ0) is 22.6. The van der Waals surface area contributed by atoms with E-state index in [-0.39, 0.29) is 19.6 Å². The minimum absolute atomic E-state index is 0.0632. The zero-order valence-corrected chi connectivity index (χ0v) is 17.3. The van der Waals surface area contributed by atoms with Crippen LogP contribution in [0.4, 0.5) is 10.7 Å². The average molecular weight is 439 g/mol. The number of aromatic nitrogens is 2. The van der Waals surface area contributed by atoms with E-state index in [0.717, 1.165) is 11.1 Å². The number of alkyl carbamates (subject to hydrolysis) is 1. The third-order valence-corrected chi connectivity index (χ3v) is 4.40. The number of nitrogens with zero attached hydrogens (tertiary/aromatic N) is 1. The second-order valence-corrected chi connectivity index (χ2v) is 6.79. The van der Waals surface area contributed by atoms with Gasteiger partial charge in [-0.15, -0.1) is 0 Å². The minimum atomic E-state index is -1.16. The summed E-state index contributed by atoms with van der Waals surface area (Å²) in [5.74, 6) is 0.0646. The molecule has 3 aromatic rings. The summed E-state index contributed by atoms with van der Waals surface area (Å²) in [7, 11) is 0. The number of aromatic amines is 1. The summed E-state index contributed by atoms with van der Waals surface area (Å²) in [5, 5.41) is 11.7. The molecule has 1 heterocycles. The van der Waals surface area contributed by atoms with Crippen molar-refractivity contribution < 1.29 is 24.2 Å². The predicted molar refractivity (Wildman–Crippen MR) is 117 cm³/mol. The van der Waals surface area contributed by atoms with Gasteiger partial charge in [0.25, 0.3) is 0 Å². The Bertz CT molecular complexity index is 964. The second kappa shape index (κ2) is 12.0. The molecule has 0 aliphatic carbocycles.